The van der Waals surface area contributed by atoms with Crippen molar-refractivity contribution >= 4 is 0 Å². The zero-order chi connectivity index (χ0) is 57.4. The minimum Gasteiger partial charge on any atom is -0.228 e. The molecule has 2 atom stereocenters. The zero-order valence-corrected chi connectivity index (χ0v) is 48.3. The van der Waals surface area contributed by atoms with Crippen LogP contribution in [0.1, 0.15) is 95.2 Å². The molecule has 5 aliphatic rings. The van der Waals surface area contributed by atoms with Crippen molar-refractivity contribution in [2.24, 2.45) is 0 Å². The lowest BCUT2D eigenvalue weighted by Crippen LogP contribution is -2.27. The highest BCUT2D eigenvalue weighted by Gasteiger charge is 2.42. The average Bonchev–Trinajstić information content (AvgIpc) is 1.05. The summed E-state index contributed by atoms with van der Waals surface area (Å²) < 4.78 is 0. The second-order valence-electron chi connectivity index (χ2n) is 24.9. The summed E-state index contributed by atoms with van der Waals surface area (Å²) in [5, 5.41) is 0. The molecule has 0 saturated heterocycles. The summed E-state index contributed by atoms with van der Waals surface area (Å²) in [7, 11) is 0. The quantitative estimate of drug-likeness (QED) is 0.152. The smallest absolute Gasteiger partial charge is 0.160 e. The molecule has 0 saturated carbocycles. The highest BCUT2D eigenvalue weighted by atomic mass is 14.9. The van der Waals surface area contributed by atoms with Crippen molar-refractivity contribution in [3.8, 4) is 112 Å². The van der Waals surface area contributed by atoms with Crippen molar-refractivity contribution in [2.45, 2.75) is 50.4 Å². The Morgan fingerprint density at radius 3 is 0.953 bits per heavy atom. The van der Waals surface area contributed by atoms with Crippen LogP contribution in [-0.2, 0) is 10.8 Å². The fourth-order valence-electron chi connectivity index (χ4n) is 14.9. The predicted octanol–water partition coefficient (Wildman–Crippen LogP) is 20.2. The molecule has 4 heteroatoms. The molecule has 406 valence electrons. The Bertz CT molecular complexity index is 4610. The third-order valence-corrected chi connectivity index (χ3v) is 19.3. The maximum Gasteiger partial charge on any atom is 0.160 e. The third kappa shape index (κ3) is 7.82. The Balaban J connectivity index is 0.719. The van der Waals surface area contributed by atoms with Crippen molar-refractivity contribution in [3.63, 3.8) is 0 Å². The van der Waals surface area contributed by atoms with Gasteiger partial charge in [-0.3, -0.25) is 0 Å². The van der Waals surface area contributed by atoms with E-state index in [1.807, 2.05) is 12.1 Å². The Hall–Kier alpha value is -10.4. The van der Waals surface area contributed by atoms with Gasteiger partial charge in [0, 0.05) is 56.0 Å². The number of nitrogens with zero attached hydrogens (tertiary/aromatic N) is 4. The third-order valence-electron chi connectivity index (χ3n) is 19.3. The summed E-state index contributed by atoms with van der Waals surface area (Å²) in [5.41, 5.74) is 33.4. The molecule has 0 amide bonds. The molecular formula is C82H58N4. The topological polar surface area (TPSA) is 51.6 Å². The molecule has 13 aromatic rings. The van der Waals surface area contributed by atoms with Gasteiger partial charge in [-0.15, -0.1) is 0 Å². The van der Waals surface area contributed by atoms with Crippen LogP contribution in [-0.4, -0.2) is 19.9 Å². The minimum absolute atomic E-state index is 0.0291. The van der Waals surface area contributed by atoms with Gasteiger partial charge in [0.25, 0.3) is 0 Å². The predicted molar refractivity (Wildman–Crippen MR) is 351 cm³/mol. The molecule has 11 aromatic carbocycles. The number of rotatable bonds is 8. The van der Waals surface area contributed by atoms with Crippen LogP contribution >= 0.6 is 0 Å². The number of benzene rings is 11. The zero-order valence-electron chi connectivity index (χ0n) is 48.3. The lowest BCUT2D eigenvalue weighted by molar-refractivity contribution is 0.660. The fourth-order valence-corrected chi connectivity index (χ4v) is 14.9. The van der Waals surface area contributed by atoms with Gasteiger partial charge < -0.3 is 0 Å². The van der Waals surface area contributed by atoms with Crippen LogP contribution in [0, 0.1) is 0 Å². The Labute approximate surface area is 502 Å². The minimum atomic E-state index is -0.0291. The van der Waals surface area contributed by atoms with Crippen LogP contribution in [0.15, 0.2) is 267 Å². The molecule has 86 heavy (non-hydrogen) atoms. The maximum atomic E-state index is 5.35. The van der Waals surface area contributed by atoms with Crippen LogP contribution < -0.4 is 0 Å². The summed E-state index contributed by atoms with van der Waals surface area (Å²) in [4.78, 5) is 21.2. The fraction of sp³-hybridized carbons (Fsp3) is 0.0976. The van der Waals surface area contributed by atoms with Crippen LogP contribution in [0.3, 0.4) is 0 Å². The maximum absolute atomic E-state index is 5.35. The summed E-state index contributed by atoms with van der Waals surface area (Å²) in [6, 6.07) is 97.7. The van der Waals surface area contributed by atoms with E-state index in [2.05, 4.69) is 282 Å². The van der Waals surface area contributed by atoms with E-state index in [1.165, 1.54) is 100 Å². The second-order valence-corrected chi connectivity index (χ2v) is 24.9. The van der Waals surface area contributed by atoms with Crippen molar-refractivity contribution in [1.82, 2.24) is 19.9 Å². The molecule has 2 bridgehead atoms. The summed E-state index contributed by atoms with van der Waals surface area (Å²) in [6.45, 7) is 9.34. The molecule has 2 heterocycles. The molecule has 0 N–H and O–H groups in total. The van der Waals surface area contributed by atoms with Gasteiger partial charge in [0.2, 0.25) is 0 Å². The second kappa shape index (κ2) is 19.1. The molecule has 0 fully saturated rings. The van der Waals surface area contributed by atoms with Gasteiger partial charge in [-0.1, -0.05) is 258 Å². The van der Waals surface area contributed by atoms with Crippen LogP contribution in [0.25, 0.3) is 112 Å². The normalized spacial score (nSPS) is 15.6. The molecule has 0 spiro atoms. The van der Waals surface area contributed by atoms with E-state index in [4.69, 9.17) is 19.9 Å². The van der Waals surface area contributed by atoms with Gasteiger partial charge in [-0.2, -0.15) is 0 Å². The standard InChI is InChI=1S/C82H58N4/c1-81(2)69-25-15-13-21-59(69)65-43-55(37-41-71(65)81)49-27-31-51(32-28-49)73-47-75(85-79(83-73)53-17-7-5-8-18-53)57-35-39-63-67(45-57)77-61-23-11-12-24-62(61)78(63)68-46-58(36-40-64(68)77)76-48-74(84-80(86-76)54-19-9-6-10-20-54)52-33-29-50(30-34-52)56-38-42-72-66(44-56)60-22-14-16-26-70(60)82(72,3)4/h5-48,77-78H,1-4H3. The van der Waals surface area contributed by atoms with E-state index in [9.17, 15) is 0 Å². The van der Waals surface area contributed by atoms with Crippen molar-refractivity contribution < 1.29 is 0 Å². The van der Waals surface area contributed by atoms with Crippen LogP contribution in [0.2, 0.25) is 0 Å². The summed E-state index contributed by atoms with van der Waals surface area (Å²) >= 11 is 0. The molecule has 2 aromatic heterocycles. The number of hydrogen-bond acceptors (Lipinski definition) is 4. The first kappa shape index (κ1) is 50.1. The van der Waals surface area contributed by atoms with Gasteiger partial charge in [0.15, 0.2) is 11.6 Å². The van der Waals surface area contributed by atoms with Crippen molar-refractivity contribution in [2.75, 3.05) is 0 Å². The first-order chi connectivity index (χ1) is 42.1. The van der Waals surface area contributed by atoms with Crippen LogP contribution in [0.5, 0.6) is 0 Å². The largest absolute Gasteiger partial charge is 0.228 e. The van der Waals surface area contributed by atoms with E-state index >= 15 is 0 Å². The Kier molecular flexibility index (Phi) is 11.1. The number of fused-ring (bicyclic) bond motifs is 6. The highest BCUT2D eigenvalue weighted by Crippen LogP contribution is 2.57. The number of aromatic nitrogens is 4. The Morgan fingerprint density at radius 2 is 0.535 bits per heavy atom. The molecule has 18 rings (SSSR count). The molecule has 4 nitrogen and oxygen atoms in total. The molecule has 0 aliphatic heterocycles. The highest BCUT2D eigenvalue weighted by molar-refractivity contribution is 5.87. The molecule has 0 radical (unpaired) electrons. The van der Waals surface area contributed by atoms with Crippen LogP contribution in [0.4, 0.5) is 0 Å². The van der Waals surface area contributed by atoms with Gasteiger partial charge in [0.05, 0.1) is 22.8 Å². The van der Waals surface area contributed by atoms with E-state index in [0.717, 1.165) is 56.2 Å². The van der Waals surface area contributed by atoms with Crippen molar-refractivity contribution in [3.05, 3.63) is 323 Å². The summed E-state index contributed by atoms with van der Waals surface area (Å²) in [5.74, 6) is 1.50. The molecular weight excluding hydrogens is 1040 g/mol. The van der Waals surface area contributed by atoms with E-state index in [1.54, 1.807) is 0 Å². The lowest BCUT2D eigenvalue weighted by Gasteiger charge is -2.42. The lowest BCUT2D eigenvalue weighted by atomic mass is 9.60. The first-order valence-electron chi connectivity index (χ1n) is 30.1. The van der Waals surface area contributed by atoms with Gasteiger partial charge >= 0.3 is 0 Å². The van der Waals surface area contributed by atoms with Crippen molar-refractivity contribution in [1.29, 1.82) is 0 Å². The number of hydrogen-bond donors (Lipinski definition) is 0. The Morgan fingerprint density at radius 1 is 0.221 bits per heavy atom. The monoisotopic (exact) mass is 1100 g/mol. The van der Waals surface area contributed by atoms with E-state index in [-0.39, 0.29) is 22.7 Å². The van der Waals surface area contributed by atoms with Gasteiger partial charge in [-0.25, -0.2) is 19.9 Å². The first-order valence-corrected chi connectivity index (χ1v) is 30.1. The van der Waals surface area contributed by atoms with Gasteiger partial charge in [-0.05, 0) is 137 Å². The molecule has 5 aliphatic carbocycles. The van der Waals surface area contributed by atoms with E-state index in [0.29, 0.717) is 11.6 Å². The molecule has 2 unspecified atom stereocenters. The van der Waals surface area contributed by atoms with E-state index < -0.39 is 0 Å². The van der Waals surface area contributed by atoms with Gasteiger partial charge in [0.1, 0.15) is 0 Å². The average molecular weight is 1100 g/mol. The SMILES string of the molecule is CC1(C)c2ccccc2-c2cc(-c3ccc(-c4cc(-c5ccc6c(c5)C5c7ccccc7C6c6cc(-c7cc(-c8ccc(-c9ccc%10c(c9)-c9ccccc9C%10(C)C)cc8)nc(-c8ccccc8)n7)ccc65)nc(-c5ccccc5)n4)cc3)ccc21. The summed E-state index contributed by atoms with van der Waals surface area (Å²) in [6.07, 6.45) is 0.